The average molecular weight is 229 g/mol. The summed E-state index contributed by atoms with van der Waals surface area (Å²) < 4.78 is 27.1. The number of benzene rings is 1. The van der Waals surface area contributed by atoms with Crippen LogP contribution in [-0.4, -0.2) is 30.1 Å². The van der Waals surface area contributed by atoms with Crippen LogP contribution in [0.1, 0.15) is 12.5 Å². The highest BCUT2D eigenvalue weighted by Crippen LogP contribution is 2.30. The highest BCUT2D eigenvalue weighted by molar-refractivity contribution is 5.80. The van der Waals surface area contributed by atoms with Gasteiger partial charge in [-0.25, -0.2) is 13.6 Å². The fourth-order valence-corrected chi connectivity index (χ4v) is 1.48. The van der Waals surface area contributed by atoms with Crippen LogP contribution in [0.5, 0.6) is 0 Å². The zero-order valence-corrected chi connectivity index (χ0v) is 9.29. The maximum atomic E-state index is 13.5. The van der Waals surface area contributed by atoms with E-state index < -0.39 is 28.7 Å². The zero-order valence-electron chi connectivity index (χ0n) is 9.29. The summed E-state index contributed by atoms with van der Waals surface area (Å²) in [6, 6.07) is 3.29. The number of nitrogens with zero attached hydrogens (tertiary/aromatic N) is 1. The quantitative estimate of drug-likeness (QED) is 0.859. The van der Waals surface area contributed by atoms with Crippen molar-refractivity contribution < 1.29 is 18.7 Å². The number of rotatable bonds is 3. The van der Waals surface area contributed by atoms with Crippen molar-refractivity contribution in [2.45, 2.75) is 12.5 Å². The monoisotopic (exact) mass is 229 g/mol. The predicted octanol–water partition coefficient (Wildman–Crippen LogP) is 1.83. The van der Waals surface area contributed by atoms with E-state index in [0.717, 1.165) is 12.1 Å². The van der Waals surface area contributed by atoms with Crippen molar-refractivity contribution in [2.24, 2.45) is 0 Å². The van der Waals surface area contributed by atoms with Gasteiger partial charge >= 0.3 is 5.97 Å². The molecular weight excluding hydrogens is 216 g/mol. The third-order valence-electron chi connectivity index (χ3n) is 2.76. The standard InChI is InChI=1S/C11H13F2NO2/c1-11(10(15)16,14(2)3)9-7(12)5-4-6-8(9)13/h4-6H,1-3H3,(H,15,16). The van der Waals surface area contributed by atoms with Gasteiger partial charge in [-0.05, 0) is 33.2 Å². The molecule has 0 spiro atoms. The Labute approximate surface area is 92.3 Å². The van der Waals surface area contributed by atoms with E-state index in [1.54, 1.807) is 0 Å². The van der Waals surface area contributed by atoms with Gasteiger partial charge in [-0.3, -0.25) is 4.90 Å². The summed E-state index contributed by atoms with van der Waals surface area (Å²) in [5, 5.41) is 9.13. The minimum absolute atomic E-state index is 0.451. The second-order valence-electron chi connectivity index (χ2n) is 3.87. The van der Waals surface area contributed by atoms with Crippen LogP contribution >= 0.6 is 0 Å². The lowest BCUT2D eigenvalue weighted by molar-refractivity contribution is -0.149. The van der Waals surface area contributed by atoms with Crippen LogP contribution in [0.2, 0.25) is 0 Å². The molecule has 1 rings (SSSR count). The first-order chi connectivity index (χ1) is 7.31. The van der Waals surface area contributed by atoms with E-state index in [9.17, 15) is 13.6 Å². The normalized spacial score (nSPS) is 14.9. The van der Waals surface area contributed by atoms with Gasteiger partial charge in [0.25, 0.3) is 0 Å². The topological polar surface area (TPSA) is 40.5 Å². The van der Waals surface area contributed by atoms with Gasteiger partial charge in [-0.2, -0.15) is 0 Å². The molecule has 0 radical (unpaired) electrons. The molecule has 1 unspecified atom stereocenters. The van der Waals surface area contributed by atoms with Crippen molar-refractivity contribution in [3.8, 4) is 0 Å². The summed E-state index contributed by atoms with van der Waals surface area (Å²) in [6.07, 6.45) is 0. The number of likely N-dealkylation sites (N-methyl/N-ethyl adjacent to an activating group) is 1. The smallest absolute Gasteiger partial charge is 0.328 e. The Morgan fingerprint density at radius 3 is 2.06 bits per heavy atom. The first-order valence-corrected chi connectivity index (χ1v) is 4.67. The number of halogens is 2. The minimum Gasteiger partial charge on any atom is -0.480 e. The average Bonchev–Trinajstić information content (AvgIpc) is 2.16. The fourth-order valence-electron chi connectivity index (χ4n) is 1.48. The van der Waals surface area contributed by atoms with Crippen LogP contribution in [0.15, 0.2) is 18.2 Å². The second kappa shape index (κ2) is 4.17. The van der Waals surface area contributed by atoms with Gasteiger partial charge < -0.3 is 5.11 Å². The van der Waals surface area contributed by atoms with E-state index in [1.165, 1.54) is 32.0 Å². The molecule has 1 N–H and O–H groups in total. The Kier molecular flexibility index (Phi) is 3.28. The number of carbonyl (C=O) groups is 1. The molecule has 0 aliphatic rings. The lowest BCUT2D eigenvalue weighted by Crippen LogP contribution is -2.47. The van der Waals surface area contributed by atoms with Crippen molar-refractivity contribution in [3.63, 3.8) is 0 Å². The predicted molar refractivity (Wildman–Crippen MR) is 55.0 cm³/mol. The van der Waals surface area contributed by atoms with Crippen molar-refractivity contribution in [1.82, 2.24) is 4.90 Å². The number of hydrogen-bond acceptors (Lipinski definition) is 2. The Morgan fingerprint density at radius 2 is 1.75 bits per heavy atom. The van der Waals surface area contributed by atoms with Crippen LogP contribution < -0.4 is 0 Å². The van der Waals surface area contributed by atoms with Gasteiger partial charge in [-0.15, -0.1) is 0 Å². The molecule has 0 saturated carbocycles. The molecule has 0 amide bonds. The Morgan fingerprint density at radius 1 is 1.31 bits per heavy atom. The molecule has 0 heterocycles. The van der Waals surface area contributed by atoms with Crippen LogP contribution in [-0.2, 0) is 10.3 Å². The first kappa shape index (κ1) is 12.6. The van der Waals surface area contributed by atoms with Crippen molar-refractivity contribution >= 4 is 5.97 Å². The molecule has 16 heavy (non-hydrogen) atoms. The van der Waals surface area contributed by atoms with Gasteiger partial charge in [0.05, 0.1) is 5.56 Å². The lowest BCUT2D eigenvalue weighted by Gasteiger charge is -2.32. The van der Waals surface area contributed by atoms with Gasteiger partial charge in [0.2, 0.25) is 0 Å². The molecule has 0 aromatic heterocycles. The van der Waals surface area contributed by atoms with E-state index in [2.05, 4.69) is 0 Å². The SMILES string of the molecule is CN(C)C(C)(C(=O)O)c1c(F)cccc1F. The highest BCUT2D eigenvalue weighted by atomic mass is 19.1. The molecule has 0 bridgehead atoms. The molecule has 3 nitrogen and oxygen atoms in total. The molecule has 5 heteroatoms. The molecule has 0 saturated heterocycles. The van der Waals surface area contributed by atoms with Gasteiger partial charge in [-0.1, -0.05) is 6.07 Å². The third kappa shape index (κ3) is 1.78. The summed E-state index contributed by atoms with van der Waals surface area (Å²) in [5.74, 6) is -3.03. The maximum Gasteiger partial charge on any atom is 0.328 e. The summed E-state index contributed by atoms with van der Waals surface area (Å²) in [4.78, 5) is 12.5. The largest absolute Gasteiger partial charge is 0.480 e. The maximum absolute atomic E-state index is 13.5. The first-order valence-electron chi connectivity index (χ1n) is 4.67. The third-order valence-corrected chi connectivity index (χ3v) is 2.76. The molecule has 1 aromatic carbocycles. The van der Waals surface area contributed by atoms with Crippen LogP contribution in [0, 0.1) is 11.6 Å². The van der Waals surface area contributed by atoms with E-state index in [0.29, 0.717) is 0 Å². The zero-order chi connectivity index (χ0) is 12.5. The van der Waals surface area contributed by atoms with Crippen LogP contribution in [0.25, 0.3) is 0 Å². The summed E-state index contributed by atoms with van der Waals surface area (Å²) in [5.41, 5.74) is -2.18. The number of carboxylic acids is 1. The number of hydrogen-bond donors (Lipinski definition) is 1. The van der Waals surface area contributed by atoms with Crippen molar-refractivity contribution in [3.05, 3.63) is 35.4 Å². The molecular formula is C11H13F2NO2. The molecule has 0 aliphatic heterocycles. The van der Waals surface area contributed by atoms with Crippen LogP contribution in [0.3, 0.4) is 0 Å². The second-order valence-corrected chi connectivity index (χ2v) is 3.87. The van der Waals surface area contributed by atoms with Crippen molar-refractivity contribution in [2.75, 3.05) is 14.1 Å². The molecule has 1 atom stereocenters. The van der Waals surface area contributed by atoms with Gasteiger partial charge in [0.1, 0.15) is 17.2 Å². The Balaban J connectivity index is 3.50. The molecule has 0 aliphatic carbocycles. The molecule has 1 aromatic rings. The molecule has 88 valence electrons. The fraction of sp³-hybridized carbons (Fsp3) is 0.364. The Hall–Kier alpha value is -1.49. The summed E-state index contributed by atoms with van der Waals surface area (Å²) in [7, 11) is 2.92. The summed E-state index contributed by atoms with van der Waals surface area (Å²) in [6.45, 7) is 1.26. The van der Waals surface area contributed by atoms with Crippen LogP contribution in [0.4, 0.5) is 8.78 Å². The van der Waals surface area contributed by atoms with Crippen molar-refractivity contribution in [1.29, 1.82) is 0 Å². The highest BCUT2D eigenvalue weighted by Gasteiger charge is 2.42. The summed E-state index contributed by atoms with van der Waals surface area (Å²) >= 11 is 0. The Bertz CT molecular complexity index is 400. The van der Waals surface area contributed by atoms with E-state index >= 15 is 0 Å². The minimum atomic E-state index is -1.73. The number of carboxylic acid groups (broad SMARTS) is 1. The lowest BCUT2D eigenvalue weighted by atomic mass is 9.90. The van der Waals surface area contributed by atoms with Gasteiger partial charge in [0, 0.05) is 0 Å². The van der Waals surface area contributed by atoms with Gasteiger partial charge in [0.15, 0.2) is 0 Å². The van der Waals surface area contributed by atoms with E-state index in [-0.39, 0.29) is 0 Å². The number of aliphatic carboxylic acids is 1. The van der Waals surface area contributed by atoms with E-state index in [1.807, 2.05) is 0 Å². The molecule has 0 fully saturated rings. The van der Waals surface area contributed by atoms with E-state index in [4.69, 9.17) is 5.11 Å².